The van der Waals surface area contributed by atoms with E-state index in [0.717, 1.165) is 17.6 Å². The number of unbranched alkanes of at least 4 members (excludes halogenated alkanes) is 9. The van der Waals surface area contributed by atoms with Crippen LogP contribution in [0.25, 0.3) is 5.57 Å². The van der Waals surface area contributed by atoms with Gasteiger partial charge >= 0.3 is 0 Å². The van der Waals surface area contributed by atoms with Crippen molar-refractivity contribution < 1.29 is 21.7 Å². The molecule has 0 atom stereocenters. The Balaban J connectivity index is 0.000000930. The largest absolute Gasteiger partial charge is 0.272 e. The maximum Gasteiger partial charge on any atom is 0.0425 e. The first kappa shape index (κ1) is 35.1. The van der Waals surface area contributed by atoms with Crippen molar-refractivity contribution >= 4 is 12.6 Å². The Morgan fingerprint density at radius 2 is 1.31 bits per heavy atom. The third-order valence-corrected chi connectivity index (χ3v) is 10.9. The van der Waals surface area contributed by atoms with Gasteiger partial charge in [0.05, 0.1) is 0 Å². The molecule has 36 heavy (non-hydrogen) atoms. The molecule has 0 fully saturated rings. The minimum atomic E-state index is -1.15. The first-order valence-electron chi connectivity index (χ1n) is 14.4. The summed E-state index contributed by atoms with van der Waals surface area (Å²) in [5.41, 5.74) is 3.49. The molecule has 0 saturated carbocycles. The molecule has 200 valence electrons. The van der Waals surface area contributed by atoms with E-state index in [9.17, 15) is 0 Å². The van der Waals surface area contributed by atoms with Crippen molar-refractivity contribution in [3.63, 3.8) is 0 Å². The van der Waals surface area contributed by atoms with Gasteiger partial charge < -0.3 is 0 Å². The molecule has 0 bridgehead atoms. The zero-order valence-electron chi connectivity index (χ0n) is 23.8. The minimum absolute atomic E-state index is 0. The normalized spacial score (nSPS) is 12.2. The molecule has 0 aromatic heterocycles. The number of nitrogens with zero attached hydrogens (tertiary/aromatic N) is 1. The molecule has 1 aliphatic carbocycles. The molecule has 0 aliphatic heterocycles. The summed E-state index contributed by atoms with van der Waals surface area (Å²) < 4.78 is 5.51. The van der Waals surface area contributed by atoms with E-state index in [0.29, 0.717) is 0 Å². The summed E-state index contributed by atoms with van der Waals surface area (Å²) in [6.45, 7) is 14.4. The number of allylic oxidation sites excluding steroid dienone is 5. The summed E-state index contributed by atoms with van der Waals surface area (Å²) in [6.07, 6.45) is 30.5. The van der Waals surface area contributed by atoms with Crippen LogP contribution in [0.5, 0.6) is 0 Å². The Hall–Kier alpha value is -0.876. The van der Waals surface area contributed by atoms with E-state index in [1.165, 1.54) is 101 Å². The van der Waals surface area contributed by atoms with Gasteiger partial charge in [0.25, 0.3) is 0 Å². The van der Waals surface area contributed by atoms with Gasteiger partial charge in [0.2, 0.25) is 0 Å². The molecule has 0 saturated heterocycles. The fraction of sp³-hybridized carbons (Fsp3) is 0.576. The number of hydrogen-bond acceptors (Lipinski definition) is 1. The van der Waals surface area contributed by atoms with E-state index in [2.05, 4.69) is 52.2 Å². The standard InChI is InChI=1S/C23H44NP.C10H10.Ti/c1-4-7-10-15-20-25(21-16-11-8-5-2,22-17-12-9-6-3)24-23-18-13-14-19-23;1-3-9(2)10-7-5-4-6-8-10;/h13-14,18H,4-12,15-17,19-22H2,1-3H3;3-8H,1-2H2;. The summed E-state index contributed by atoms with van der Waals surface area (Å²) in [7, 11) is -1.15. The summed E-state index contributed by atoms with van der Waals surface area (Å²) >= 11 is 0. The Morgan fingerprint density at radius 3 is 1.69 bits per heavy atom. The number of hydrogen-bond donors (Lipinski definition) is 0. The molecule has 0 radical (unpaired) electrons. The van der Waals surface area contributed by atoms with E-state index in [1.807, 2.05) is 30.3 Å². The molecule has 3 heteroatoms. The van der Waals surface area contributed by atoms with E-state index in [1.54, 1.807) is 6.08 Å². The van der Waals surface area contributed by atoms with Crippen LogP contribution >= 0.6 is 7.05 Å². The fourth-order valence-electron chi connectivity index (χ4n) is 4.54. The van der Waals surface area contributed by atoms with Crippen LogP contribution in [0.4, 0.5) is 0 Å². The van der Waals surface area contributed by atoms with E-state index >= 15 is 0 Å². The first-order valence-corrected chi connectivity index (χ1v) is 16.7. The summed E-state index contributed by atoms with van der Waals surface area (Å²) in [4.78, 5) is 0. The Morgan fingerprint density at radius 1 is 0.806 bits per heavy atom. The van der Waals surface area contributed by atoms with Crippen LogP contribution in [0.15, 0.2) is 78.2 Å². The number of rotatable bonds is 18. The molecule has 1 aromatic carbocycles. The van der Waals surface area contributed by atoms with Crippen molar-refractivity contribution in [3.05, 3.63) is 79.1 Å². The van der Waals surface area contributed by atoms with Crippen molar-refractivity contribution in [1.82, 2.24) is 0 Å². The summed E-state index contributed by atoms with van der Waals surface area (Å²) in [6, 6.07) is 10.0. The molecular weight excluding hydrogens is 489 g/mol. The molecule has 0 heterocycles. The topological polar surface area (TPSA) is 12.4 Å². The van der Waals surface area contributed by atoms with Gasteiger partial charge in [0.1, 0.15) is 0 Å². The van der Waals surface area contributed by atoms with Crippen molar-refractivity contribution in [2.24, 2.45) is 4.74 Å². The number of benzene rings is 1. The predicted molar refractivity (Wildman–Crippen MR) is 164 cm³/mol. The Bertz CT molecular complexity index is 768. The van der Waals surface area contributed by atoms with Gasteiger partial charge in [-0.3, -0.25) is 4.74 Å². The molecule has 1 aliphatic rings. The van der Waals surface area contributed by atoms with Gasteiger partial charge in [0, 0.05) is 33.8 Å². The van der Waals surface area contributed by atoms with E-state index < -0.39 is 7.05 Å². The molecule has 0 unspecified atom stereocenters. The summed E-state index contributed by atoms with van der Waals surface area (Å²) in [5, 5.41) is 0. The van der Waals surface area contributed by atoms with Crippen molar-refractivity contribution in [2.45, 2.75) is 104 Å². The SMILES string of the molecule is C=CC(=C)c1ccccc1.CCCCCCP(CCCCCC)(CCCCCC)=NC1=CC=CC1.[Ti]. The van der Waals surface area contributed by atoms with E-state index in [4.69, 9.17) is 4.74 Å². The quantitative estimate of drug-likeness (QED) is 0.0756. The van der Waals surface area contributed by atoms with Crippen LogP contribution in [0.2, 0.25) is 0 Å². The molecule has 0 amide bonds. The maximum absolute atomic E-state index is 5.51. The van der Waals surface area contributed by atoms with Crippen LogP contribution in [-0.2, 0) is 21.7 Å². The van der Waals surface area contributed by atoms with Gasteiger partial charge in [-0.05, 0) is 62.0 Å². The average molecular weight is 544 g/mol. The van der Waals surface area contributed by atoms with Gasteiger partial charge in [-0.1, -0.05) is 140 Å². The second-order valence-electron chi connectivity index (χ2n) is 9.93. The average Bonchev–Trinajstić information content (AvgIpc) is 3.40. The molecule has 1 aromatic rings. The van der Waals surface area contributed by atoms with E-state index in [-0.39, 0.29) is 21.7 Å². The summed E-state index contributed by atoms with van der Waals surface area (Å²) in [5.74, 6) is 0. The Kier molecular flexibility index (Phi) is 22.7. The van der Waals surface area contributed by atoms with Gasteiger partial charge in [-0.15, -0.1) is 0 Å². The van der Waals surface area contributed by atoms with Crippen molar-refractivity contribution in [1.29, 1.82) is 0 Å². The molecule has 2 rings (SSSR count). The fourth-order valence-corrected chi connectivity index (χ4v) is 8.64. The van der Waals surface area contributed by atoms with Crippen LogP contribution in [0, 0.1) is 0 Å². The third kappa shape index (κ3) is 16.1. The molecular formula is C33H54NPTi. The second kappa shape index (κ2) is 23.3. The predicted octanol–water partition coefficient (Wildman–Crippen LogP) is 11.7. The smallest absolute Gasteiger partial charge is 0.0425 e. The monoisotopic (exact) mass is 543 g/mol. The third-order valence-electron chi connectivity index (χ3n) is 6.77. The van der Waals surface area contributed by atoms with Gasteiger partial charge in [-0.2, -0.15) is 0 Å². The van der Waals surface area contributed by atoms with Crippen LogP contribution in [0.1, 0.15) is 110 Å². The van der Waals surface area contributed by atoms with Crippen molar-refractivity contribution in [2.75, 3.05) is 18.5 Å². The van der Waals surface area contributed by atoms with Gasteiger partial charge in [0.15, 0.2) is 0 Å². The van der Waals surface area contributed by atoms with Crippen LogP contribution in [-0.4, -0.2) is 18.5 Å². The van der Waals surface area contributed by atoms with Crippen LogP contribution < -0.4 is 0 Å². The molecule has 0 N–H and O–H groups in total. The first-order chi connectivity index (χ1) is 17.1. The zero-order valence-corrected chi connectivity index (χ0v) is 26.3. The molecule has 0 spiro atoms. The zero-order chi connectivity index (χ0) is 25.6. The second-order valence-corrected chi connectivity index (χ2v) is 13.7. The van der Waals surface area contributed by atoms with Crippen molar-refractivity contribution in [3.8, 4) is 0 Å². The minimum Gasteiger partial charge on any atom is -0.272 e. The van der Waals surface area contributed by atoms with Crippen LogP contribution in [0.3, 0.4) is 0 Å². The maximum atomic E-state index is 5.51. The Labute approximate surface area is 240 Å². The molecule has 1 nitrogen and oxygen atoms in total. The van der Waals surface area contributed by atoms with Gasteiger partial charge in [-0.25, -0.2) is 0 Å².